The minimum atomic E-state index is 0.265. The smallest absolute Gasteiger partial charge is 0.0621 e. The van der Waals surface area contributed by atoms with Crippen LogP contribution in [0.1, 0.15) is 12.8 Å². The van der Waals surface area contributed by atoms with Crippen LogP contribution in [-0.4, -0.2) is 31.8 Å². The molecule has 0 bridgehead atoms. The van der Waals surface area contributed by atoms with Crippen LogP contribution in [0.5, 0.6) is 0 Å². The van der Waals surface area contributed by atoms with Gasteiger partial charge in [0.25, 0.3) is 0 Å². The van der Waals surface area contributed by atoms with Crippen LogP contribution in [0, 0.1) is 5.92 Å². The topological polar surface area (TPSA) is 47.3 Å². The van der Waals surface area contributed by atoms with E-state index in [-0.39, 0.29) is 6.04 Å². The maximum Gasteiger partial charge on any atom is 0.0621 e. The van der Waals surface area contributed by atoms with E-state index in [9.17, 15) is 0 Å². The first-order valence-electron chi connectivity index (χ1n) is 4.43. The highest BCUT2D eigenvalue weighted by atomic mass is 16.5. The highest BCUT2D eigenvalue weighted by molar-refractivity contribution is 4.85. The zero-order valence-corrected chi connectivity index (χ0v) is 6.75. The Morgan fingerprint density at radius 3 is 2.73 bits per heavy atom. The maximum atomic E-state index is 5.82. The second-order valence-electron chi connectivity index (χ2n) is 3.64. The van der Waals surface area contributed by atoms with Crippen LogP contribution in [0.25, 0.3) is 0 Å². The van der Waals surface area contributed by atoms with Gasteiger partial charge in [0.1, 0.15) is 0 Å². The molecular formula is C8H16N2O. The van der Waals surface area contributed by atoms with Gasteiger partial charge in [0.15, 0.2) is 0 Å². The van der Waals surface area contributed by atoms with Crippen molar-refractivity contribution < 1.29 is 4.74 Å². The Morgan fingerprint density at radius 1 is 1.36 bits per heavy atom. The van der Waals surface area contributed by atoms with Gasteiger partial charge in [0, 0.05) is 24.5 Å². The molecule has 11 heavy (non-hydrogen) atoms. The fourth-order valence-electron chi connectivity index (χ4n) is 1.43. The maximum absolute atomic E-state index is 5.82. The van der Waals surface area contributed by atoms with E-state index in [1.165, 1.54) is 12.8 Å². The molecule has 2 rings (SSSR count). The van der Waals surface area contributed by atoms with Crippen molar-refractivity contribution in [1.29, 1.82) is 0 Å². The van der Waals surface area contributed by atoms with E-state index in [0.29, 0.717) is 5.92 Å². The first-order chi connectivity index (χ1) is 5.36. The molecule has 1 aliphatic carbocycles. The predicted octanol–water partition coefficient (Wildman–Crippen LogP) is -0.288. The largest absolute Gasteiger partial charge is 0.379 e. The third-order valence-corrected chi connectivity index (χ3v) is 2.49. The second-order valence-corrected chi connectivity index (χ2v) is 3.64. The molecule has 3 nitrogen and oxygen atoms in total. The summed E-state index contributed by atoms with van der Waals surface area (Å²) in [5.74, 6) is 0.551. The summed E-state index contributed by atoms with van der Waals surface area (Å²) in [4.78, 5) is 0. The van der Waals surface area contributed by atoms with Gasteiger partial charge in [-0.05, 0) is 12.8 Å². The Labute approximate surface area is 67.3 Å². The summed E-state index contributed by atoms with van der Waals surface area (Å²) in [6.45, 7) is 2.64. The predicted molar refractivity (Wildman–Crippen MR) is 43.3 cm³/mol. The SMILES string of the molecule is NC1COCC1CNC1CC1. The first-order valence-corrected chi connectivity index (χ1v) is 4.43. The van der Waals surface area contributed by atoms with Crippen molar-refractivity contribution in [2.24, 2.45) is 11.7 Å². The second kappa shape index (κ2) is 3.09. The van der Waals surface area contributed by atoms with E-state index in [1.807, 2.05) is 0 Å². The van der Waals surface area contributed by atoms with Gasteiger partial charge < -0.3 is 15.8 Å². The van der Waals surface area contributed by atoms with Crippen molar-refractivity contribution in [1.82, 2.24) is 5.32 Å². The van der Waals surface area contributed by atoms with Gasteiger partial charge in [0.2, 0.25) is 0 Å². The van der Waals surface area contributed by atoms with Crippen LogP contribution in [0.15, 0.2) is 0 Å². The number of nitrogens with two attached hydrogens (primary N) is 1. The number of hydrogen-bond donors (Lipinski definition) is 2. The van der Waals surface area contributed by atoms with Crippen molar-refractivity contribution in [2.45, 2.75) is 24.9 Å². The van der Waals surface area contributed by atoms with Crippen molar-refractivity contribution in [3.8, 4) is 0 Å². The normalized spacial score (nSPS) is 37.9. The lowest BCUT2D eigenvalue weighted by molar-refractivity contribution is 0.184. The van der Waals surface area contributed by atoms with Crippen molar-refractivity contribution >= 4 is 0 Å². The van der Waals surface area contributed by atoms with E-state index < -0.39 is 0 Å². The molecule has 2 fully saturated rings. The van der Waals surface area contributed by atoms with Crippen molar-refractivity contribution in [2.75, 3.05) is 19.8 Å². The van der Waals surface area contributed by atoms with Gasteiger partial charge in [-0.2, -0.15) is 0 Å². The minimum Gasteiger partial charge on any atom is -0.379 e. The first kappa shape index (κ1) is 7.53. The van der Waals surface area contributed by atoms with Crippen LogP contribution in [0.4, 0.5) is 0 Å². The molecule has 0 aromatic rings. The highest BCUT2D eigenvalue weighted by Gasteiger charge is 2.27. The summed E-state index contributed by atoms with van der Waals surface area (Å²) >= 11 is 0. The van der Waals surface area contributed by atoms with Crippen LogP contribution in [0.3, 0.4) is 0 Å². The molecule has 64 valence electrons. The van der Waals surface area contributed by atoms with E-state index in [1.54, 1.807) is 0 Å². The number of hydrogen-bond acceptors (Lipinski definition) is 3. The summed E-state index contributed by atoms with van der Waals surface area (Å²) in [5.41, 5.74) is 5.82. The summed E-state index contributed by atoms with van der Waals surface area (Å²) in [7, 11) is 0. The van der Waals surface area contributed by atoms with Gasteiger partial charge in [-0.15, -0.1) is 0 Å². The van der Waals surface area contributed by atoms with Crippen LogP contribution >= 0.6 is 0 Å². The zero-order valence-electron chi connectivity index (χ0n) is 6.75. The Morgan fingerprint density at radius 2 is 2.18 bits per heavy atom. The standard InChI is InChI=1S/C8H16N2O/c9-8-5-11-4-6(8)3-10-7-1-2-7/h6-8,10H,1-5,9H2. The Bertz CT molecular complexity index is 136. The van der Waals surface area contributed by atoms with Gasteiger partial charge in [0.05, 0.1) is 13.2 Å². The molecular weight excluding hydrogens is 140 g/mol. The molecule has 1 saturated carbocycles. The molecule has 3 heteroatoms. The lowest BCUT2D eigenvalue weighted by Gasteiger charge is -2.12. The van der Waals surface area contributed by atoms with E-state index in [4.69, 9.17) is 10.5 Å². The van der Waals surface area contributed by atoms with E-state index in [2.05, 4.69) is 5.32 Å². The van der Waals surface area contributed by atoms with Gasteiger partial charge in [-0.3, -0.25) is 0 Å². The quantitative estimate of drug-likeness (QED) is 0.590. The lowest BCUT2D eigenvalue weighted by Crippen LogP contribution is -2.36. The number of nitrogens with one attached hydrogen (secondary N) is 1. The summed E-state index contributed by atoms with van der Waals surface area (Å²) in [6, 6.07) is 1.06. The molecule has 0 aromatic carbocycles. The van der Waals surface area contributed by atoms with Gasteiger partial charge >= 0.3 is 0 Å². The van der Waals surface area contributed by atoms with Crippen molar-refractivity contribution in [3.63, 3.8) is 0 Å². The molecule has 3 N–H and O–H groups in total. The Balaban J connectivity index is 1.67. The van der Waals surface area contributed by atoms with Crippen LogP contribution in [0.2, 0.25) is 0 Å². The molecule has 0 amide bonds. The molecule has 0 aromatic heterocycles. The Hall–Kier alpha value is -0.120. The summed E-state index contributed by atoms with van der Waals surface area (Å²) in [6.07, 6.45) is 2.70. The number of ether oxygens (including phenoxy) is 1. The van der Waals surface area contributed by atoms with Crippen LogP contribution in [-0.2, 0) is 4.74 Å². The van der Waals surface area contributed by atoms with Gasteiger partial charge in [-0.25, -0.2) is 0 Å². The lowest BCUT2D eigenvalue weighted by atomic mass is 10.1. The molecule has 0 radical (unpaired) electrons. The van der Waals surface area contributed by atoms with Gasteiger partial charge in [-0.1, -0.05) is 0 Å². The monoisotopic (exact) mass is 156 g/mol. The fourth-order valence-corrected chi connectivity index (χ4v) is 1.43. The minimum absolute atomic E-state index is 0.265. The number of rotatable bonds is 3. The third-order valence-electron chi connectivity index (χ3n) is 2.49. The highest BCUT2D eigenvalue weighted by Crippen LogP contribution is 2.20. The Kier molecular flexibility index (Phi) is 2.11. The fraction of sp³-hybridized carbons (Fsp3) is 1.00. The summed E-state index contributed by atoms with van der Waals surface area (Å²) in [5, 5.41) is 3.47. The molecule has 1 heterocycles. The third kappa shape index (κ3) is 1.92. The van der Waals surface area contributed by atoms with Crippen LogP contribution < -0.4 is 11.1 Å². The molecule has 2 atom stereocenters. The molecule has 2 unspecified atom stereocenters. The van der Waals surface area contributed by atoms with Crippen molar-refractivity contribution in [3.05, 3.63) is 0 Å². The molecule has 1 aliphatic heterocycles. The molecule has 0 spiro atoms. The molecule has 2 aliphatic rings. The zero-order chi connectivity index (χ0) is 7.68. The van der Waals surface area contributed by atoms with E-state index >= 15 is 0 Å². The average molecular weight is 156 g/mol. The average Bonchev–Trinajstić information content (AvgIpc) is 2.73. The summed E-state index contributed by atoms with van der Waals surface area (Å²) < 4.78 is 5.26. The van der Waals surface area contributed by atoms with E-state index in [0.717, 1.165) is 25.8 Å². The molecule has 1 saturated heterocycles.